The third kappa shape index (κ3) is 6.34. The van der Waals surface area contributed by atoms with Gasteiger partial charge in [-0.25, -0.2) is 15.0 Å². The van der Waals surface area contributed by atoms with Gasteiger partial charge in [0, 0.05) is 54.7 Å². The smallest absolute Gasteiger partial charge is 0.166 e. The summed E-state index contributed by atoms with van der Waals surface area (Å²) in [5, 5.41) is 7.37. The fourth-order valence-corrected chi connectivity index (χ4v) is 11.8. The van der Waals surface area contributed by atoms with Crippen LogP contribution in [0.3, 0.4) is 0 Å². The van der Waals surface area contributed by atoms with Crippen LogP contribution in [-0.4, -0.2) is 24.1 Å². The molecule has 10 aromatic carbocycles. The maximum Gasteiger partial charge on any atom is 0.166 e. The highest BCUT2D eigenvalue weighted by Gasteiger charge is 2.24. The van der Waals surface area contributed by atoms with E-state index in [9.17, 15) is 0 Å². The molecule has 0 spiro atoms. The van der Waals surface area contributed by atoms with Gasteiger partial charge in [0.2, 0.25) is 0 Å². The summed E-state index contributed by atoms with van der Waals surface area (Å²) in [7, 11) is 0. The number of rotatable bonds is 7. The van der Waals surface area contributed by atoms with Crippen LogP contribution in [-0.2, 0) is 0 Å². The van der Waals surface area contributed by atoms with E-state index in [1.807, 2.05) is 23.5 Å². The van der Waals surface area contributed by atoms with E-state index in [2.05, 4.69) is 234 Å². The van der Waals surface area contributed by atoms with E-state index < -0.39 is 0 Å². The lowest BCUT2D eigenvalue weighted by Crippen LogP contribution is -2.03. The molecule has 0 bridgehead atoms. The van der Waals surface area contributed by atoms with Crippen molar-refractivity contribution in [1.82, 2.24) is 24.1 Å². The van der Waals surface area contributed by atoms with Crippen LogP contribution < -0.4 is 0 Å². The summed E-state index contributed by atoms with van der Waals surface area (Å²) in [5.74, 6) is 1.82. The first-order valence-corrected chi connectivity index (χ1v) is 24.1. The zero-order valence-corrected chi connectivity index (χ0v) is 38.0. The summed E-state index contributed by atoms with van der Waals surface area (Å²) in [4.78, 5) is 16.1. The summed E-state index contributed by atoms with van der Waals surface area (Å²) in [6.45, 7) is 0. The van der Waals surface area contributed by atoms with E-state index in [1.165, 1.54) is 58.3 Å². The van der Waals surface area contributed by atoms with Crippen molar-refractivity contribution in [2.24, 2.45) is 0 Å². The van der Waals surface area contributed by atoms with E-state index in [1.54, 1.807) is 0 Å². The molecule has 5 nitrogen and oxygen atoms in total. The van der Waals surface area contributed by atoms with Crippen molar-refractivity contribution >= 4 is 75.1 Å². The molecule has 0 aliphatic rings. The lowest BCUT2D eigenvalue weighted by molar-refractivity contribution is 1.06. The lowest BCUT2D eigenvalue weighted by atomic mass is 10.0. The number of aromatic nitrogens is 5. The Labute approximate surface area is 401 Å². The molecule has 322 valence electrons. The van der Waals surface area contributed by atoms with Crippen LogP contribution in [0.25, 0.3) is 132 Å². The molecule has 69 heavy (non-hydrogen) atoms. The predicted octanol–water partition coefficient (Wildman–Crippen LogP) is 16.8. The van der Waals surface area contributed by atoms with E-state index in [0.29, 0.717) is 17.5 Å². The largest absolute Gasteiger partial charge is 0.308 e. The standard InChI is InChI=1S/C63H39N5S/c1-4-18-40(19-5-1)42-22-16-24-44(38-42)61-64-62(45-25-17-23-43(39-45)41-20-6-2-7-21-41)66-63(65-61)53-30-12-15-33-56(53)68-55-32-14-11-29-48(55)50-35-37-52-51-36-34-49-47-28-10-13-31-54(47)67(46-26-8-3-9-27-46)57(49)59(51)69-60(52)58(50)68/h1-39H. The minimum Gasteiger partial charge on any atom is -0.308 e. The number of para-hydroxylation sites is 4. The molecule has 6 heteroatoms. The zero-order chi connectivity index (χ0) is 45.4. The molecule has 0 aliphatic carbocycles. The van der Waals surface area contributed by atoms with Gasteiger partial charge < -0.3 is 9.13 Å². The van der Waals surface area contributed by atoms with Crippen LogP contribution in [0.4, 0.5) is 0 Å². The molecule has 0 saturated carbocycles. The predicted molar refractivity (Wildman–Crippen MR) is 289 cm³/mol. The van der Waals surface area contributed by atoms with Gasteiger partial charge in [0.25, 0.3) is 0 Å². The Bertz CT molecular complexity index is 4200. The first-order valence-electron chi connectivity index (χ1n) is 23.3. The number of fused-ring (bicyclic) bond motifs is 11. The second kappa shape index (κ2) is 15.8. The Morgan fingerprint density at radius 3 is 1.29 bits per heavy atom. The number of hydrogen-bond donors (Lipinski definition) is 0. The molecule has 14 aromatic rings. The summed E-state index contributed by atoms with van der Waals surface area (Å²) in [6, 6.07) is 84.2. The van der Waals surface area contributed by atoms with Crippen LogP contribution in [0.2, 0.25) is 0 Å². The van der Waals surface area contributed by atoms with Gasteiger partial charge >= 0.3 is 0 Å². The van der Waals surface area contributed by atoms with Gasteiger partial charge in [-0.15, -0.1) is 11.3 Å². The van der Waals surface area contributed by atoms with Gasteiger partial charge in [-0.05, 0) is 70.8 Å². The van der Waals surface area contributed by atoms with Crippen LogP contribution >= 0.6 is 11.3 Å². The van der Waals surface area contributed by atoms with Crippen LogP contribution in [0.5, 0.6) is 0 Å². The second-order valence-corrected chi connectivity index (χ2v) is 18.6. The summed E-state index contributed by atoms with van der Waals surface area (Å²) >= 11 is 1.89. The normalized spacial score (nSPS) is 11.8. The molecule has 0 atom stereocenters. The Hall–Kier alpha value is -8.97. The first-order chi connectivity index (χ1) is 34.2. The van der Waals surface area contributed by atoms with E-state index >= 15 is 0 Å². The highest BCUT2D eigenvalue weighted by Crippen LogP contribution is 2.48. The summed E-state index contributed by atoms with van der Waals surface area (Å²) < 4.78 is 7.41. The molecule has 0 amide bonds. The third-order valence-corrected chi connectivity index (χ3v) is 14.8. The molecule has 4 heterocycles. The van der Waals surface area contributed by atoms with Gasteiger partial charge in [0.15, 0.2) is 17.5 Å². The molecule has 4 aromatic heterocycles. The van der Waals surface area contributed by atoms with Crippen molar-refractivity contribution in [2.45, 2.75) is 0 Å². The zero-order valence-electron chi connectivity index (χ0n) is 37.2. The fraction of sp³-hybridized carbons (Fsp3) is 0. The maximum atomic E-state index is 5.40. The number of thiophene rings is 1. The van der Waals surface area contributed by atoms with Crippen molar-refractivity contribution < 1.29 is 0 Å². The van der Waals surface area contributed by atoms with Gasteiger partial charge in [0.1, 0.15) is 0 Å². The highest BCUT2D eigenvalue weighted by molar-refractivity contribution is 7.27. The summed E-state index contributed by atoms with van der Waals surface area (Å²) in [6.07, 6.45) is 0. The average molecular weight is 898 g/mol. The Morgan fingerprint density at radius 1 is 0.290 bits per heavy atom. The fourth-order valence-electron chi connectivity index (χ4n) is 10.4. The van der Waals surface area contributed by atoms with Crippen molar-refractivity contribution in [3.05, 3.63) is 237 Å². The van der Waals surface area contributed by atoms with Crippen LogP contribution in [0, 0.1) is 0 Å². The highest BCUT2D eigenvalue weighted by atomic mass is 32.1. The van der Waals surface area contributed by atoms with Crippen molar-refractivity contribution in [3.63, 3.8) is 0 Å². The third-order valence-electron chi connectivity index (χ3n) is 13.6. The molecule has 0 N–H and O–H groups in total. The molecule has 0 saturated heterocycles. The number of hydrogen-bond acceptors (Lipinski definition) is 4. The van der Waals surface area contributed by atoms with E-state index in [4.69, 9.17) is 15.0 Å². The molecule has 0 aliphatic heterocycles. The minimum atomic E-state index is 0.601. The van der Waals surface area contributed by atoms with Crippen molar-refractivity contribution in [3.8, 4) is 67.8 Å². The van der Waals surface area contributed by atoms with E-state index in [0.717, 1.165) is 55.8 Å². The molecule has 0 unspecified atom stereocenters. The molecular formula is C63H39N5S. The lowest BCUT2D eigenvalue weighted by Gasteiger charge is -2.15. The number of nitrogens with zero attached hydrogens (tertiary/aromatic N) is 5. The van der Waals surface area contributed by atoms with Gasteiger partial charge in [0.05, 0.1) is 37.2 Å². The monoisotopic (exact) mass is 897 g/mol. The van der Waals surface area contributed by atoms with Gasteiger partial charge in [-0.1, -0.05) is 188 Å². The maximum absolute atomic E-state index is 5.40. The SMILES string of the molecule is c1ccc(-c2cccc(-c3nc(-c4cccc(-c5ccccc5)c4)nc(-c4ccccc4-n4c5ccccc5c5ccc6c7ccc8c9ccccc9n(-c9ccccc9)c8c7sc6c54)n3)c2)cc1. The topological polar surface area (TPSA) is 48.5 Å². The molecule has 0 fully saturated rings. The van der Waals surface area contributed by atoms with Gasteiger partial charge in [-0.3, -0.25) is 0 Å². The Kier molecular flexibility index (Phi) is 9.00. The molecule has 0 radical (unpaired) electrons. The average Bonchev–Trinajstić information content (AvgIpc) is 4.10. The second-order valence-electron chi connectivity index (χ2n) is 17.5. The minimum absolute atomic E-state index is 0.601. The number of benzene rings is 10. The van der Waals surface area contributed by atoms with Crippen molar-refractivity contribution in [1.29, 1.82) is 0 Å². The molecule has 14 rings (SSSR count). The Morgan fingerprint density at radius 2 is 0.710 bits per heavy atom. The van der Waals surface area contributed by atoms with Crippen LogP contribution in [0.1, 0.15) is 0 Å². The quantitative estimate of drug-likeness (QED) is 0.160. The first kappa shape index (κ1) is 39.2. The van der Waals surface area contributed by atoms with Crippen LogP contribution in [0.15, 0.2) is 237 Å². The van der Waals surface area contributed by atoms with Gasteiger partial charge in [-0.2, -0.15) is 0 Å². The summed E-state index contributed by atoms with van der Waals surface area (Å²) in [5.41, 5.74) is 14.1. The Balaban J connectivity index is 1.03. The van der Waals surface area contributed by atoms with E-state index in [-0.39, 0.29) is 0 Å². The van der Waals surface area contributed by atoms with Crippen molar-refractivity contribution in [2.75, 3.05) is 0 Å². The molecular weight excluding hydrogens is 859 g/mol.